The molecule has 0 radical (unpaired) electrons. The van der Waals surface area contributed by atoms with Gasteiger partial charge in [0.05, 0.1) is 11.7 Å². The topological polar surface area (TPSA) is 98.2 Å². The van der Waals surface area contributed by atoms with E-state index in [0.717, 1.165) is 11.3 Å². The number of fused-ring (bicyclic) bond motifs is 1. The van der Waals surface area contributed by atoms with Gasteiger partial charge in [-0.15, -0.1) is 0 Å². The molecule has 0 fully saturated rings. The summed E-state index contributed by atoms with van der Waals surface area (Å²) in [5.41, 5.74) is 2.05. The van der Waals surface area contributed by atoms with Gasteiger partial charge in [-0.3, -0.25) is 4.98 Å². The molecule has 0 amide bonds. The smallest absolute Gasteiger partial charge is 0.358 e. The highest BCUT2D eigenvalue weighted by Crippen LogP contribution is 2.27. The van der Waals surface area contributed by atoms with E-state index in [9.17, 15) is 10.1 Å². The molecule has 3 heterocycles. The monoisotopic (exact) mass is 380 g/mol. The van der Waals surface area contributed by atoms with E-state index in [1.54, 1.807) is 24.4 Å². The minimum Gasteiger partial charge on any atom is -0.358 e. The van der Waals surface area contributed by atoms with Crippen LogP contribution in [0.3, 0.4) is 0 Å². The molecule has 0 aliphatic heterocycles. The van der Waals surface area contributed by atoms with Crippen molar-refractivity contribution in [3.63, 3.8) is 0 Å². The van der Waals surface area contributed by atoms with Crippen LogP contribution in [0.4, 0.5) is 11.6 Å². The highest BCUT2D eigenvalue weighted by molar-refractivity contribution is 6.30. The number of halogens is 1. The van der Waals surface area contributed by atoms with Gasteiger partial charge in [0.25, 0.3) is 0 Å². The molecule has 0 saturated heterocycles. The second-order valence-corrected chi connectivity index (χ2v) is 6.19. The molecule has 1 N–H and O–H groups in total. The third-order valence-corrected chi connectivity index (χ3v) is 4.22. The molecule has 1 aromatic carbocycles. The Morgan fingerprint density at radius 2 is 2.00 bits per heavy atom. The standard InChI is InChI=1S/C18H13ClN6O2/c19-13-5-3-4-12(10-13)18(14-6-1-2-9-20-14)22-15-7-8-16-21-11-17(25(26)27)24(16)23-15/h1-11,18H,(H,22,23). The number of aromatic nitrogens is 4. The highest BCUT2D eigenvalue weighted by Gasteiger charge is 2.20. The number of imidazole rings is 1. The maximum atomic E-state index is 11.1. The first-order chi connectivity index (χ1) is 13.1. The zero-order chi connectivity index (χ0) is 18.8. The Kier molecular flexibility index (Phi) is 4.39. The zero-order valence-corrected chi connectivity index (χ0v) is 14.6. The number of anilines is 1. The predicted octanol–water partition coefficient (Wildman–Crippen LogP) is 3.89. The van der Waals surface area contributed by atoms with Crippen LogP contribution in [0.15, 0.2) is 67.0 Å². The quantitative estimate of drug-likeness (QED) is 0.416. The Hall–Kier alpha value is -3.52. The number of nitrogens with one attached hydrogen (secondary N) is 1. The number of nitro groups is 1. The minimum atomic E-state index is -0.524. The Balaban J connectivity index is 1.77. The number of hydrogen-bond donors (Lipinski definition) is 1. The van der Waals surface area contributed by atoms with Crippen LogP contribution in [-0.4, -0.2) is 24.5 Å². The number of pyridine rings is 1. The van der Waals surface area contributed by atoms with Crippen molar-refractivity contribution in [2.24, 2.45) is 0 Å². The summed E-state index contributed by atoms with van der Waals surface area (Å²) in [7, 11) is 0. The van der Waals surface area contributed by atoms with Crippen LogP contribution in [0.2, 0.25) is 5.02 Å². The summed E-state index contributed by atoms with van der Waals surface area (Å²) in [4.78, 5) is 19.0. The lowest BCUT2D eigenvalue weighted by molar-refractivity contribution is -0.391. The third-order valence-electron chi connectivity index (χ3n) is 3.99. The fraction of sp³-hybridized carbons (Fsp3) is 0.0556. The average molecular weight is 381 g/mol. The number of hydrogen-bond acceptors (Lipinski definition) is 6. The molecule has 27 heavy (non-hydrogen) atoms. The summed E-state index contributed by atoms with van der Waals surface area (Å²) in [5.74, 6) is 0.241. The lowest BCUT2D eigenvalue weighted by Crippen LogP contribution is -2.15. The number of benzene rings is 1. The molecule has 9 heteroatoms. The van der Waals surface area contributed by atoms with E-state index in [1.807, 2.05) is 36.4 Å². The average Bonchev–Trinajstić information content (AvgIpc) is 3.10. The van der Waals surface area contributed by atoms with Crippen molar-refractivity contribution in [2.75, 3.05) is 5.32 Å². The van der Waals surface area contributed by atoms with Crippen molar-refractivity contribution >= 4 is 28.9 Å². The summed E-state index contributed by atoms with van der Waals surface area (Å²) in [5, 5.41) is 19.3. The first kappa shape index (κ1) is 16.9. The van der Waals surface area contributed by atoms with Crippen molar-refractivity contribution in [1.29, 1.82) is 0 Å². The summed E-state index contributed by atoms with van der Waals surface area (Å²) in [6.07, 6.45) is 2.88. The van der Waals surface area contributed by atoms with E-state index in [-0.39, 0.29) is 11.9 Å². The van der Waals surface area contributed by atoms with E-state index in [2.05, 4.69) is 20.4 Å². The van der Waals surface area contributed by atoms with E-state index in [1.165, 1.54) is 10.7 Å². The molecule has 4 rings (SSSR count). The van der Waals surface area contributed by atoms with E-state index < -0.39 is 4.92 Å². The molecule has 0 aliphatic carbocycles. The van der Waals surface area contributed by atoms with Crippen molar-refractivity contribution in [3.8, 4) is 0 Å². The van der Waals surface area contributed by atoms with Gasteiger partial charge in [-0.2, -0.15) is 0 Å². The zero-order valence-electron chi connectivity index (χ0n) is 13.9. The van der Waals surface area contributed by atoms with Crippen molar-refractivity contribution < 1.29 is 4.92 Å². The Morgan fingerprint density at radius 1 is 1.11 bits per heavy atom. The van der Waals surface area contributed by atoms with Crippen LogP contribution in [-0.2, 0) is 0 Å². The molecule has 1 unspecified atom stereocenters. The molecule has 0 bridgehead atoms. The lowest BCUT2D eigenvalue weighted by Gasteiger charge is -2.19. The van der Waals surface area contributed by atoms with Gasteiger partial charge >= 0.3 is 5.82 Å². The first-order valence-electron chi connectivity index (χ1n) is 8.04. The van der Waals surface area contributed by atoms with Crippen LogP contribution in [0.25, 0.3) is 5.65 Å². The van der Waals surface area contributed by atoms with Gasteiger partial charge in [-0.25, -0.2) is 4.98 Å². The van der Waals surface area contributed by atoms with Crippen molar-refractivity contribution in [1.82, 2.24) is 19.6 Å². The molecule has 3 aromatic heterocycles. The second-order valence-electron chi connectivity index (χ2n) is 5.75. The molecular weight excluding hydrogens is 368 g/mol. The Labute approximate surface area is 158 Å². The molecule has 0 spiro atoms. The molecule has 0 saturated carbocycles. The molecule has 134 valence electrons. The first-order valence-corrected chi connectivity index (χ1v) is 8.42. The Bertz CT molecular complexity index is 1120. The summed E-state index contributed by atoms with van der Waals surface area (Å²) >= 11 is 6.15. The highest BCUT2D eigenvalue weighted by atomic mass is 35.5. The summed E-state index contributed by atoms with van der Waals surface area (Å²) < 4.78 is 1.19. The number of rotatable bonds is 5. The van der Waals surface area contributed by atoms with Crippen LogP contribution in [0.1, 0.15) is 17.3 Å². The Morgan fingerprint density at radius 3 is 2.74 bits per heavy atom. The fourth-order valence-electron chi connectivity index (χ4n) is 2.77. The molecule has 0 aliphatic rings. The van der Waals surface area contributed by atoms with Gasteiger partial charge in [0.15, 0.2) is 5.82 Å². The summed E-state index contributed by atoms with van der Waals surface area (Å²) in [6, 6.07) is 16.1. The van der Waals surface area contributed by atoms with Gasteiger partial charge in [0.1, 0.15) is 6.20 Å². The van der Waals surface area contributed by atoms with Crippen molar-refractivity contribution in [2.45, 2.75) is 6.04 Å². The van der Waals surface area contributed by atoms with Gasteiger partial charge in [0.2, 0.25) is 5.65 Å². The van der Waals surface area contributed by atoms with Gasteiger partial charge in [0, 0.05) is 17.3 Å². The van der Waals surface area contributed by atoms with E-state index in [4.69, 9.17) is 11.6 Å². The van der Waals surface area contributed by atoms with Crippen LogP contribution in [0, 0.1) is 10.1 Å². The second kappa shape index (κ2) is 7.00. The maximum absolute atomic E-state index is 11.1. The molecular formula is C18H13ClN6O2. The number of nitrogens with zero attached hydrogens (tertiary/aromatic N) is 5. The largest absolute Gasteiger partial charge is 0.368 e. The minimum absolute atomic E-state index is 0.203. The van der Waals surface area contributed by atoms with Gasteiger partial charge < -0.3 is 15.4 Å². The van der Waals surface area contributed by atoms with Gasteiger partial charge in [-0.1, -0.05) is 39.4 Å². The predicted molar refractivity (Wildman–Crippen MR) is 101 cm³/mol. The van der Waals surface area contributed by atoms with E-state index >= 15 is 0 Å². The summed E-state index contributed by atoms with van der Waals surface area (Å²) in [6.45, 7) is 0. The van der Waals surface area contributed by atoms with Crippen molar-refractivity contribution in [3.05, 3.63) is 93.4 Å². The van der Waals surface area contributed by atoms with Crippen LogP contribution < -0.4 is 5.32 Å². The molecule has 4 aromatic rings. The van der Waals surface area contributed by atoms with Crippen LogP contribution in [0.5, 0.6) is 0 Å². The fourth-order valence-corrected chi connectivity index (χ4v) is 2.97. The van der Waals surface area contributed by atoms with Crippen LogP contribution >= 0.6 is 11.6 Å². The lowest BCUT2D eigenvalue weighted by atomic mass is 10.0. The molecule has 1 atom stereocenters. The van der Waals surface area contributed by atoms with Gasteiger partial charge in [-0.05, 0) is 40.8 Å². The third kappa shape index (κ3) is 3.42. The van der Waals surface area contributed by atoms with E-state index in [0.29, 0.717) is 16.5 Å². The maximum Gasteiger partial charge on any atom is 0.368 e. The SMILES string of the molecule is O=[N+]([O-])c1cnc2ccc(NC(c3cccc(Cl)c3)c3ccccn3)nn12. The normalized spacial score (nSPS) is 12.0. The molecule has 8 nitrogen and oxygen atoms in total.